The SMILES string of the molecule is Cc1cccc(-c2c[nH]c(C(=O)Cc3cccc(-c4nncn4C(C)C)n3)c2)c1. The number of aromatic amines is 1. The van der Waals surface area contributed by atoms with Crippen LogP contribution in [0.3, 0.4) is 0 Å². The number of carbonyl (C=O) groups excluding carboxylic acids is 1. The average molecular weight is 385 g/mol. The van der Waals surface area contributed by atoms with E-state index >= 15 is 0 Å². The molecule has 0 saturated heterocycles. The number of benzene rings is 1. The number of carbonyl (C=O) groups is 1. The summed E-state index contributed by atoms with van der Waals surface area (Å²) < 4.78 is 1.97. The molecule has 6 nitrogen and oxygen atoms in total. The van der Waals surface area contributed by atoms with Gasteiger partial charge in [-0.25, -0.2) is 4.98 Å². The van der Waals surface area contributed by atoms with E-state index in [1.807, 2.05) is 47.2 Å². The van der Waals surface area contributed by atoms with Crippen LogP contribution in [0.1, 0.15) is 41.6 Å². The van der Waals surface area contributed by atoms with Gasteiger partial charge in [-0.2, -0.15) is 0 Å². The molecule has 0 aliphatic heterocycles. The van der Waals surface area contributed by atoms with Gasteiger partial charge in [-0.15, -0.1) is 10.2 Å². The Morgan fingerprint density at radius 3 is 2.72 bits per heavy atom. The molecule has 6 heteroatoms. The van der Waals surface area contributed by atoms with E-state index in [0.29, 0.717) is 22.9 Å². The molecule has 4 aromatic rings. The zero-order chi connectivity index (χ0) is 20.4. The molecular weight excluding hydrogens is 362 g/mol. The van der Waals surface area contributed by atoms with E-state index in [-0.39, 0.29) is 18.2 Å². The van der Waals surface area contributed by atoms with Crippen molar-refractivity contribution in [3.63, 3.8) is 0 Å². The quantitative estimate of drug-likeness (QED) is 0.490. The molecule has 1 N–H and O–H groups in total. The normalized spacial score (nSPS) is 11.2. The Bertz CT molecular complexity index is 1160. The van der Waals surface area contributed by atoms with Crippen LogP contribution in [-0.2, 0) is 6.42 Å². The Hall–Kier alpha value is -3.54. The summed E-state index contributed by atoms with van der Waals surface area (Å²) in [4.78, 5) is 20.5. The highest BCUT2D eigenvalue weighted by molar-refractivity contribution is 5.97. The number of hydrogen-bond donors (Lipinski definition) is 1. The van der Waals surface area contributed by atoms with E-state index < -0.39 is 0 Å². The number of hydrogen-bond acceptors (Lipinski definition) is 4. The van der Waals surface area contributed by atoms with Crippen molar-refractivity contribution in [2.75, 3.05) is 0 Å². The highest BCUT2D eigenvalue weighted by Crippen LogP contribution is 2.22. The molecule has 4 rings (SSSR count). The lowest BCUT2D eigenvalue weighted by Gasteiger charge is -2.10. The van der Waals surface area contributed by atoms with Crippen LogP contribution in [0.25, 0.3) is 22.6 Å². The summed E-state index contributed by atoms with van der Waals surface area (Å²) in [5.41, 5.74) is 5.29. The van der Waals surface area contributed by atoms with E-state index in [1.54, 1.807) is 6.33 Å². The minimum atomic E-state index is -0.00104. The van der Waals surface area contributed by atoms with E-state index in [0.717, 1.165) is 11.1 Å². The third-order valence-electron chi connectivity index (χ3n) is 4.84. The Morgan fingerprint density at radius 1 is 1.10 bits per heavy atom. The number of nitrogens with zero attached hydrogens (tertiary/aromatic N) is 4. The summed E-state index contributed by atoms with van der Waals surface area (Å²) in [5, 5.41) is 8.19. The number of aryl methyl sites for hydroxylation is 1. The number of Topliss-reactive ketones (excluding diaryl/α,β-unsaturated/α-hetero) is 1. The van der Waals surface area contributed by atoms with Gasteiger partial charge in [0.15, 0.2) is 11.6 Å². The average Bonchev–Trinajstić information content (AvgIpc) is 3.38. The van der Waals surface area contributed by atoms with Gasteiger partial charge in [-0.1, -0.05) is 35.9 Å². The molecule has 0 atom stereocenters. The summed E-state index contributed by atoms with van der Waals surface area (Å²) in [6.07, 6.45) is 3.79. The summed E-state index contributed by atoms with van der Waals surface area (Å²) >= 11 is 0. The van der Waals surface area contributed by atoms with Gasteiger partial charge in [0, 0.05) is 17.9 Å². The van der Waals surface area contributed by atoms with Crippen molar-refractivity contribution < 1.29 is 4.79 Å². The van der Waals surface area contributed by atoms with Crippen LogP contribution in [0.5, 0.6) is 0 Å². The lowest BCUT2D eigenvalue weighted by atomic mass is 10.1. The molecule has 0 fully saturated rings. The Kier molecular flexibility index (Phi) is 5.08. The van der Waals surface area contributed by atoms with Gasteiger partial charge in [-0.3, -0.25) is 4.79 Å². The smallest absolute Gasteiger partial charge is 0.184 e. The molecule has 0 bridgehead atoms. The molecule has 3 heterocycles. The second-order valence-electron chi connectivity index (χ2n) is 7.44. The van der Waals surface area contributed by atoms with E-state index in [4.69, 9.17) is 0 Å². The number of ketones is 1. The molecule has 0 radical (unpaired) electrons. The minimum Gasteiger partial charge on any atom is -0.358 e. The van der Waals surface area contributed by atoms with Gasteiger partial charge < -0.3 is 9.55 Å². The maximum Gasteiger partial charge on any atom is 0.184 e. The Labute approximate surface area is 169 Å². The van der Waals surface area contributed by atoms with Gasteiger partial charge in [0.2, 0.25) is 0 Å². The van der Waals surface area contributed by atoms with Gasteiger partial charge in [-0.05, 0) is 50.1 Å². The van der Waals surface area contributed by atoms with Gasteiger partial charge in [0.1, 0.15) is 12.0 Å². The number of H-pyrrole nitrogens is 1. The Balaban J connectivity index is 1.54. The first-order valence-corrected chi connectivity index (χ1v) is 9.66. The molecular formula is C23H23N5O. The van der Waals surface area contributed by atoms with E-state index in [1.165, 1.54) is 5.56 Å². The molecule has 0 unspecified atom stereocenters. The molecule has 146 valence electrons. The fourth-order valence-corrected chi connectivity index (χ4v) is 3.31. The first-order valence-electron chi connectivity index (χ1n) is 9.66. The molecule has 0 aliphatic rings. The highest BCUT2D eigenvalue weighted by atomic mass is 16.1. The molecule has 29 heavy (non-hydrogen) atoms. The van der Waals surface area contributed by atoms with Crippen molar-refractivity contribution in [2.24, 2.45) is 0 Å². The molecule has 0 spiro atoms. The van der Waals surface area contributed by atoms with Crippen LogP contribution in [0, 0.1) is 6.92 Å². The molecule has 0 amide bonds. The topological polar surface area (TPSA) is 76.5 Å². The third-order valence-corrected chi connectivity index (χ3v) is 4.84. The van der Waals surface area contributed by atoms with Crippen molar-refractivity contribution in [3.05, 3.63) is 78.0 Å². The summed E-state index contributed by atoms with van der Waals surface area (Å²) in [6, 6.07) is 16.0. The highest BCUT2D eigenvalue weighted by Gasteiger charge is 2.15. The van der Waals surface area contributed by atoms with Crippen LogP contribution >= 0.6 is 0 Å². The number of rotatable bonds is 6. The second kappa shape index (κ2) is 7.83. The van der Waals surface area contributed by atoms with Crippen molar-refractivity contribution in [1.82, 2.24) is 24.7 Å². The lowest BCUT2D eigenvalue weighted by Crippen LogP contribution is -2.07. The number of aromatic nitrogens is 5. The summed E-state index contributed by atoms with van der Waals surface area (Å²) in [5.74, 6) is 0.704. The number of pyridine rings is 1. The Morgan fingerprint density at radius 2 is 1.93 bits per heavy atom. The van der Waals surface area contributed by atoms with Crippen LogP contribution in [-0.4, -0.2) is 30.5 Å². The van der Waals surface area contributed by atoms with Crippen LogP contribution < -0.4 is 0 Å². The van der Waals surface area contributed by atoms with Gasteiger partial charge >= 0.3 is 0 Å². The molecule has 1 aromatic carbocycles. The first-order chi connectivity index (χ1) is 14.0. The largest absolute Gasteiger partial charge is 0.358 e. The maximum atomic E-state index is 12.8. The fourth-order valence-electron chi connectivity index (χ4n) is 3.31. The molecule has 0 saturated carbocycles. The van der Waals surface area contributed by atoms with Crippen molar-refractivity contribution >= 4 is 5.78 Å². The van der Waals surface area contributed by atoms with Crippen molar-refractivity contribution in [2.45, 2.75) is 33.2 Å². The summed E-state index contributed by atoms with van der Waals surface area (Å²) in [6.45, 7) is 6.19. The van der Waals surface area contributed by atoms with E-state index in [2.05, 4.69) is 53.1 Å². The van der Waals surface area contributed by atoms with Crippen LogP contribution in [0.15, 0.2) is 61.1 Å². The van der Waals surface area contributed by atoms with Crippen LogP contribution in [0.2, 0.25) is 0 Å². The molecule has 3 aromatic heterocycles. The van der Waals surface area contributed by atoms with Crippen LogP contribution in [0.4, 0.5) is 0 Å². The maximum absolute atomic E-state index is 12.8. The minimum absolute atomic E-state index is 0.00104. The first kappa shape index (κ1) is 18.8. The van der Waals surface area contributed by atoms with Gasteiger partial charge in [0.05, 0.1) is 12.1 Å². The monoisotopic (exact) mass is 385 g/mol. The predicted molar refractivity (Wildman–Crippen MR) is 113 cm³/mol. The standard InChI is InChI=1S/C23H23N5O/c1-15(2)28-14-25-27-23(28)20-9-5-8-19(26-20)12-22(29)21-11-18(13-24-21)17-7-4-6-16(3)10-17/h4-11,13-15,24H,12H2,1-3H3. The zero-order valence-electron chi connectivity index (χ0n) is 16.8. The third kappa shape index (κ3) is 4.01. The van der Waals surface area contributed by atoms with Crippen molar-refractivity contribution in [3.8, 4) is 22.6 Å². The number of nitrogens with one attached hydrogen (secondary N) is 1. The lowest BCUT2D eigenvalue weighted by molar-refractivity contribution is 0.0988. The fraction of sp³-hybridized carbons (Fsp3) is 0.217. The predicted octanol–water partition coefficient (Wildman–Crippen LogP) is 4.65. The van der Waals surface area contributed by atoms with Gasteiger partial charge in [0.25, 0.3) is 0 Å². The molecule has 0 aliphatic carbocycles. The second-order valence-corrected chi connectivity index (χ2v) is 7.44. The summed E-state index contributed by atoms with van der Waals surface area (Å²) in [7, 11) is 0. The van der Waals surface area contributed by atoms with Crippen molar-refractivity contribution in [1.29, 1.82) is 0 Å². The zero-order valence-corrected chi connectivity index (χ0v) is 16.8. The van der Waals surface area contributed by atoms with E-state index in [9.17, 15) is 4.79 Å².